The second kappa shape index (κ2) is 6.01. The molecule has 2 atom stereocenters. The average molecular weight is 312 g/mol. The zero-order chi connectivity index (χ0) is 12.2. The Morgan fingerprint density at radius 1 is 1.69 bits per heavy atom. The van der Waals surface area contributed by atoms with Crippen molar-refractivity contribution in [1.82, 2.24) is 0 Å². The van der Waals surface area contributed by atoms with Crippen LogP contribution < -0.4 is 0 Å². The number of esters is 1. The molecule has 0 aliphatic heterocycles. The Morgan fingerprint density at radius 2 is 2.38 bits per heavy atom. The lowest BCUT2D eigenvalue weighted by atomic mass is 9.89. The Kier molecular flexibility index (Phi) is 5.25. The van der Waals surface area contributed by atoms with E-state index in [2.05, 4.69) is 15.9 Å². The fourth-order valence-corrected chi connectivity index (χ4v) is 2.61. The quantitative estimate of drug-likeness (QED) is 0.579. The van der Waals surface area contributed by atoms with Gasteiger partial charge in [-0.05, 0) is 26.2 Å². The Hall–Kier alpha value is -0.0900. The minimum atomic E-state index is -0.469. The van der Waals surface area contributed by atoms with Crippen LogP contribution in [0.1, 0.15) is 32.6 Å². The average Bonchev–Trinajstić information content (AvgIpc) is 2.57. The third-order valence-electron chi connectivity index (χ3n) is 2.96. The minimum absolute atomic E-state index is 0.190. The molecule has 0 radical (unpaired) electrons. The van der Waals surface area contributed by atoms with Crippen LogP contribution in [0.5, 0.6) is 0 Å². The fourth-order valence-electron chi connectivity index (χ4n) is 1.77. The monoisotopic (exact) mass is 310 g/mol. The van der Waals surface area contributed by atoms with E-state index in [1.165, 1.54) is 0 Å². The number of ether oxygens (including phenoxy) is 1. The topological polar surface area (TPSA) is 43.4 Å². The van der Waals surface area contributed by atoms with E-state index >= 15 is 0 Å². The van der Waals surface area contributed by atoms with E-state index < -0.39 is 5.41 Å². The molecular formula is C11H16BrClO3. The van der Waals surface area contributed by atoms with Crippen molar-refractivity contribution < 1.29 is 14.3 Å². The number of carbonyl (C=O) groups is 2. The Labute approximate surface area is 109 Å². The SMILES string of the molecule is CC1(COC(=O)C(Br)CCCl)CCCC1=O. The van der Waals surface area contributed by atoms with Gasteiger partial charge in [0.15, 0.2) is 0 Å². The molecule has 1 aliphatic rings. The van der Waals surface area contributed by atoms with Crippen molar-refractivity contribution in [2.45, 2.75) is 37.4 Å². The number of rotatable bonds is 5. The van der Waals surface area contributed by atoms with Crippen molar-refractivity contribution in [3.63, 3.8) is 0 Å². The lowest BCUT2D eigenvalue weighted by Gasteiger charge is -2.21. The zero-order valence-corrected chi connectivity index (χ0v) is 11.6. The summed E-state index contributed by atoms with van der Waals surface area (Å²) in [7, 11) is 0. The predicted octanol–water partition coefficient (Wildman–Crippen LogP) is 2.68. The van der Waals surface area contributed by atoms with Crippen LogP contribution >= 0.6 is 27.5 Å². The molecular weight excluding hydrogens is 295 g/mol. The van der Waals surface area contributed by atoms with Crippen molar-refractivity contribution >= 4 is 39.3 Å². The summed E-state index contributed by atoms with van der Waals surface area (Å²) in [5, 5.41) is 0. The predicted molar refractivity (Wildman–Crippen MR) is 66.0 cm³/mol. The van der Waals surface area contributed by atoms with Crippen LogP contribution in [0.15, 0.2) is 0 Å². The summed E-state index contributed by atoms with van der Waals surface area (Å²) >= 11 is 8.73. The van der Waals surface area contributed by atoms with Crippen molar-refractivity contribution in [1.29, 1.82) is 0 Å². The highest BCUT2D eigenvalue weighted by Gasteiger charge is 2.38. The number of hydrogen-bond acceptors (Lipinski definition) is 3. The summed E-state index contributed by atoms with van der Waals surface area (Å²) < 4.78 is 5.15. The molecule has 0 heterocycles. The van der Waals surface area contributed by atoms with Gasteiger partial charge in [-0.15, -0.1) is 11.6 Å². The third kappa shape index (κ3) is 3.45. The van der Waals surface area contributed by atoms with E-state index in [4.69, 9.17) is 16.3 Å². The van der Waals surface area contributed by atoms with Gasteiger partial charge in [-0.2, -0.15) is 0 Å². The smallest absolute Gasteiger partial charge is 0.319 e. The Balaban J connectivity index is 2.39. The molecule has 1 fully saturated rings. The first-order valence-corrected chi connectivity index (χ1v) is 6.84. The van der Waals surface area contributed by atoms with Gasteiger partial charge in [0.05, 0.1) is 5.41 Å². The van der Waals surface area contributed by atoms with Crippen LogP contribution in [0, 0.1) is 5.41 Å². The molecule has 5 heteroatoms. The van der Waals surface area contributed by atoms with Crippen LogP contribution in [0.3, 0.4) is 0 Å². The summed E-state index contributed by atoms with van der Waals surface area (Å²) in [6.07, 6.45) is 2.84. The van der Waals surface area contributed by atoms with Gasteiger partial charge < -0.3 is 4.74 Å². The molecule has 0 spiro atoms. The number of Topliss-reactive ketones (excluding diaryl/α,β-unsaturated/α-hetero) is 1. The van der Waals surface area contributed by atoms with Gasteiger partial charge >= 0.3 is 5.97 Å². The molecule has 1 saturated carbocycles. The Morgan fingerprint density at radius 3 is 2.88 bits per heavy atom. The van der Waals surface area contributed by atoms with Crippen molar-refractivity contribution in [2.24, 2.45) is 5.41 Å². The maximum Gasteiger partial charge on any atom is 0.319 e. The summed E-state index contributed by atoms with van der Waals surface area (Å²) in [5.41, 5.74) is -0.469. The zero-order valence-electron chi connectivity index (χ0n) is 9.30. The molecule has 0 aromatic rings. The first-order chi connectivity index (χ1) is 7.49. The second-order valence-electron chi connectivity index (χ2n) is 4.39. The van der Waals surface area contributed by atoms with E-state index in [0.29, 0.717) is 18.7 Å². The van der Waals surface area contributed by atoms with Crippen molar-refractivity contribution in [3.05, 3.63) is 0 Å². The molecule has 1 rings (SSSR count). The molecule has 0 bridgehead atoms. The molecule has 0 aromatic heterocycles. The summed E-state index contributed by atoms with van der Waals surface area (Å²) in [5.74, 6) is 0.270. The second-order valence-corrected chi connectivity index (χ2v) is 5.87. The van der Waals surface area contributed by atoms with E-state index in [1.807, 2.05) is 6.92 Å². The first kappa shape index (κ1) is 14.0. The number of hydrogen-bond donors (Lipinski definition) is 0. The number of halogens is 2. The van der Waals surface area contributed by atoms with E-state index in [1.54, 1.807) is 0 Å². The van der Waals surface area contributed by atoms with Crippen LogP contribution in [0.4, 0.5) is 0 Å². The highest BCUT2D eigenvalue weighted by atomic mass is 79.9. The maximum absolute atomic E-state index is 11.6. The molecule has 92 valence electrons. The molecule has 2 unspecified atom stereocenters. The van der Waals surface area contributed by atoms with Crippen LogP contribution in [-0.2, 0) is 14.3 Å². The summed E-state index contributed by atoms with van der Waals surface area (Å²) in [6.45, 7) is 2.05. The standard InChI is InChI=1S/C11H16BrClO3/c1-11(5-2-3-9(11)14)7-16-10(15)8(12)4-6-13/h8H,2-7H2,1H3. The lowest BCUT2D eigenvalue weighted by Crippen LogP contribution is -2.31. The van der Waals surface area contributed by atoms with Crippen molar-refractivity contribution in [3.8, 4) is 0 Å². The van der Waals surface area contributed by atoms with Gasteiger partial charge in [-0.3, -0.25) is 9.59 Å². The van der Waals surface area contributed by atoms with E-state index in [0.717, 1.165) is 12.8 Å². The molecule has 0 aromatic carbocycles. The molecule has 16 heavy (non-hydrogen) atoms. The highest BCUT2D eigenvalue weighted by Crippen LogP contribution is 2.34. The highest BCUT2D eigenvalue weighted by molar-refractivity contribution is 9.10. The van der Waals surface area contributed by atoms with E-state index in [-0.39, 0.29) is 23.2 Å². The first-order valence-electron chi connectivity index (χ1n) is 5.39. The normalized spacial score (nSPS) is 26.8. The number of alkyl halides is 2. The molecule has 3 nitrogen and oxygen atoms in total. The van der Waals surface area contributed by atoms with Crippen LogP contribution in [0.25, 0.3) is 0 Å². The summed E-state index contributed by atoms with van der Waals surface area (Å²) in [4.78, 5) is 22.7. The van der Waals surface area contributed by atoms with E-state index in [9.17, 15) is 9.59 Å². The summed E-state index contributed by atoms with van der Waals surface area (Å²) in [6, 6.07) is 0. The van der Waals surface area contributed by atoms with Gasteiger partial charge in [0.1, 0.15) is 17.2 Å². The third-order valence-corrected chi connectivity index (χ3v) is 4.01. The largest absolute Gasteiger partial charge is 0.464 e. The van der Waals surface area contributed by atoms with Gasteiger partial charge in [0, 0.05) is 12.3 Å². The lowest BCUT2D eigenvalue weighted by molar-refractivity contribution is -0.148. The van der Waals surface area contributed by atoms with Gasteiger partial charge in [-0.1, -0.05) is 15.9 Å². The Bertz CT molecular complexity index is 282. The number of ketones is 1. The number of carbonyl (C=O) groups excluding carboxylic acids is 2. The molecule has 0 N–H and O–H groups in total. The fraction of sp³-hybridized carbons (Fsp3) is 0.818. The van der Waals surface area contributed by atoms with Gasteiger partial charge in [-0.25, -0.2) is 0 Å². The van der Waals surface area contributed by atoms with Gasteiger partial charge in [0.25, 0.3) is 0 Å². The van der Waals surface area contributed by atoms with Crippen LogP contribution in [-0.4, -0.2) is 29.1 Å². The van der Waals surface area contributed by atoms with Gasteiger partial charge in [0.2, 0.25) is 0 Å². The van der Waals surface area contributed by atoms with Crippen LogP contribution in [0.2, 0.25) is 0 Å². The molecule has 1 aliphatic carbocycles. The minimum Gasteiger partial charge on any atom is -0.464 e. The molecule has 0 amide bonds. The maximum atomic E-state index is 11.6. The van der Waals surface area contributed by atoms with Crippen molar-refractivity contribution in [2.75, 3.05) is 12.5 Å². The molecule has 0 saturated heterocycles.